The average Bonchev–Trinajstić information content (AvgIpc) is 0.793. The number of carbonyl (C=O) groups excluding carboxylic acids is 4. The summed E-state index contributed by atoms with van der Waals surface area (Å²) in [7, 11) is 0. The monoisotopic (exact) mass is 1150 g/mol. The molecular formula is C76H86N2O4S2. The number of rotatable bonds is 32. The van der Waals surface area contributed by atoms with Crippen LogP contribution in [-0.4, -0.2) is 46.5 Å². The first-order chi connectivity index (χ1) is 41.2. The van der Waals surface area contributed by atoms with Gasteiger partial charge in [-0.25, -0.2) is 0 Å². The van der Waals surface area contributed by atoms with E-state index in [2.05, 4.69) is 125 Å². The molecular weight excluding hydrogens is 1070 g/mol. The molecule has 2 aliphatic rings. The van der Waals surface area contributed by atoms with Gasteiger partial charge < -0.3 is 0 Å². The molecule has 6 nitrogen and oxygen atoms in total. The first kappa shape index (κ1) is 59.3. The molecule has 8 heteroatoms. The molecule has 0 spiro atoms. The van der Waals surface area contributed by atoms with Crippen LogP contribution in [0.25, 0.3) is 84.9 Å². The van der Waals surface area contributed by atoms with Crippen LogP contribution >= 0.6 is 22.7 Å². The smallest absolute Gasteiger partial charge is 0.261 e. The largest absolute Gasteiger partial charge is 0.274 e. The van der Waals surface area contributed by atoms with E-state index < -0.39 is 0 Å². The maximum Gasteiger partial charge on any atom is 0.261 e. The molecule has 0 N–H and O–H groups in total. The van der Waals surface area contributed by atoms with Crippen molar-refractivity contribution in [2.24, 2.45) is 11.8 Å². The third-order valence-electron chi connectivity index (χ3n) is 18.6. The van der Waals surface area contributed by atoms with Crippen LogP contribution in [0.5, 0.6) is 0 Å². The summed E-state index contributed by atoms with van der Waals surface area (Å²) in [5.41, 5.74) is 6.30. The van der Waals surface area contributed by atoms with Crippen molar-refractivity contribution in [3.05, 3.63) is 144 Å². The Hall–Kier alpha value is -6.48. The molecule has 2 aliphatic heterocycles. The number of amides is 4. The quantitative estimate of drug-likeness (QED) is 0.0182. The molecule has 84 heavy (non-hydrogen) atoms. The van der Waals surface area contributed by atoms with E-state index in [0.29, 0.717) is 46.1 Å². The summed E-state index contributed by atoms with van der Waals surface area (Å²) in [5, 5.41) is 6.84. The number of thiophene rings is 2. The average molecular weight is 1160 g/mol. The van der Waals surface area contributed by atoms with Crippen LogP contribution in [-0.2, 0) is 0 Å². The summed E-state index contributed by atoms with van der Waals surface area (Å²) in [5.74, 6) is -0.450. The third-order valence-corrected chi connectivity index (χ3v) is 20.9. The minimum Gasteiger partial charge on any atom is -0.274 e. The number of hydrogen-bond acceptors (Lipinski definition) is 6. The van der Waals surface area contributed by atoms with E-state index in [1.807, 2.05) is 24.3 Å². The zero-order valence-electron chi connectivity index (χ0n) is 50.4. The van der Waals surface area contributed by atoms with Crippen LogP contribution in [0.2, 0.25) is 0 Å². The Bertz CT molecular complexity index is 3510. The second-order valence-corrected chi connectivity index (χ2v) is 26.7. The highest BCUT2D eigenvalue weighted by Gasteiger charge is 2.40. The van der Waals surface area contributed by atoms with E-state index in [9.17, 15) is 0 Å². The van der Waals surface area contributed by atoms with Gasteiger partial charge in [0, 0.05) is 76.8 Å². The van der Waals surface area contributed by atoms with Crippen molar-refractivity contribution in [2.45, 2.75) is 182 Å². The minimum atomic E-state index is -0.225. The first-order valence-corrected chi connectivity index (χ1v) is 34.2. The molecule has 0 bridgehead atoms. The summed E-state index contributed by atoms with van der Waals surface area (Å²) in [6, 6.07) is 42.0. The van der Waals surface area contributed by atoms with Crippen LogP contribution in [0.15, 0.2) is 121 Å². The molecule has 0 saturated heterocycles. The van der Waals surface area contributed by atoms with Gasteiger partial charge in [-0.2, -0.15) is 0 Å². The van der Waals surface area contributed by atoms with E-state index in [1.165, 1.54) is 77.0 Å². The molecule has 2 aromatic heterocycles. The highest BCUT2D eigenvalue weighted by atomic mass is 32.1. The second kappa shape index (κ2) is 27.7. The van der Waals surface area contributed by atoms with Crippen molar-refractivity contribution in [2.75, 3.05) is 13.1 Å². The van der Waals surface area contributed by atoms with E-state index in [4.69, 9.17) is 0 Å². The SMILES string of the molecule is CCCCCCCCC(CCCCCC)CN1C(=O)c2ccc3c4c(-c5ccc(-c6ccccc6)s5)cc5c6c(ccc(c7c(-c8ccc(-c9ccccc9)s8)cc(c2c37)C1=O)c64)C(=O)N(CC(CCCCCC)CCCCCCCC)C5=O. The molecule has 436 valence electrons. The highest BCUT2D eigenvalue weighted by molar-refractivity contribution is 7.19. The number of carbonyl (C=O) groups is 4. The standard InChI is InChI=1S/C76H86N2O4S2/c1-5-9-13-17-19-25-33-51(31-23-15-11-7-3)49-77-73(79)57-41-39-55-68-60(66-46-44-64(84-66)54-37-29-22-30-38-54)48-62-70-58(74(80)78(76(62)82)50-52(32-24-16-12-8-4)34-26-20-18-14-10-6-2)42-40-56(72(68)70)67-59(47-61(75(77)81)69(57)71(55)67)65-45-43-63(83-65)53-35-27-21-28-36-53/h21-22,27-30,35-48,51-52H,5-20,23-26,31-34,49-50H2,1-4H3. The van der Waals surface area contributed by atoms with E-state index >= 15 is 19.2 Å². The molecule has 0 aliphatic carbocycles. The van der Waals surface area contributed by atoms with Crippen molar-refractivity contribution in [1.29, 1.82) is 0 Å². The Morgan fingerprint density at radius 2 is 0.631 bits per heavy atom. The third kappa shape index (κ3) is 12.2. The lowest BCUT2D eigenvalue weighted by atomic mass is 9.78. The fourth-order valence-electron chi connectivity index (χ4n) is 14.1. The Balaban J connectivity index is 1.10. The summed E-state index contributed by atoms with van der Waals surface area (Å²) in [6.45, 7) is 9.82. The van der Waals surface area contributed by atoms with E-state index in [0.717, 1.165) is 151 Å². The lowest BCUT2D eigenvalue weighted by Gasteiger charge is -2.33. The molecule has 2 unspecified atom stereocenters. The summed E-state index contributed by atoms with van der Waals surface area (Å²) < 4.78 is 0. The number of benzene rings is 7. The predicted octanol–water partition coefficient (Wildman–Crippen LogP) is 22.4. The summed E-state index contributed by atoms with van der Waals surface area (Å²) >= 11 is 3.41. The summed E-state index contributed by atoms with van der Waals surface area (Å²) in [4.78, 5) is 69.7. The van der Waals surface area contributed by atoms with Crippen LogP contribution in [0.4, 0.5) is 0 Å². The summed E-state index contributed by atoms with van der Waals surface area (Å²) in [6.07, 6.45) is 27.7. The number of unbranched alkanes of at least 4 members (excludes halogenated alkanes) is 16. The van der Waals surface area contributed by atoms with E-state index in [-0.39, 0.29) is 35.5 Å². The Morgan fingerprint density at radius 3 is 1.00 bits per heavy atom. The van der Waals surface area contributed by atoms with Crippen molar-refractivity contribution in [3.63, 3.8) is 0 Å². The molecule has 2 atom stereocenters. The van der Waals surface area contributed by atoms with Crippen LogP contribution in [0.3, 0.4) is 0 Å². The van der Waals surface area contributed by atoms with Gasteiger partial charge in [-0.3, -0.25) is 29.0 Å². The van der Waals surface area contributed by atoms with Crippen LogP contribution in [0, 0.1) is 11.8 Å². The Kier molecular flexibility index (Phi) is 19.5. The fourth-order valence-corrected chi connectivity index (χ4v) is 16.2. The molecule has 11 rings (SSSR count). The maximum absolute atomic E-state index is 15.7. The minimum absolute atomic E-state index is 0.222. The normalized spacial score (nSPS) is 14.2. The molecule has 0 saturated carbocycles. The molecule has 4 heterocycles. The van der Waals surface area contributed by atoms with Gasteiger partial charge in [-0.1, -0.05) is 229 Å². The molecule has 0 fully saturated rings. The topological polar surface area (TPSA) is 74.8 Å². The van der Waals surface area contributed by atoms with Crippen molar-refractivity contribution in [1.82, 2.24) is 9.80 Å². The zero-order chi connectivity index (χ0) is 58.1. The number of imide groups is 2. The second-order valence-electron chi connectivity index (χ2n) is 24.6. The molecule has 7 aromatic carbocycles. The number of nitrogens with zero attached hydrogens (tertiary/aromatic N) is 2. The lowest BCUT2D eigenvalue weighted by Crippen LogP contribution is -2.43. The highest BCUT2D eigenvalue weighted by Crippen LogP contribution is 2.54. The predicted molar refractivity (Wildman–Crippen MR) is 356 cm³/mol. The Labute approximate surface area is 507 Å². The van der Waals surface area contributed by atoms with Crippen molar-refractivity contribution >= 4 is 89.4 Å². The van der Waals surface area contributed by atoms with Gasteiger partial charge in [0.1, 0.15) is 0 Å². The van der Waals surface area contributed by atoms with Gasteiger partial charge in [0.15, 0.2) is 0 Å². The molecule has 9 aromatic rings. The lowest BCUT2D eigenvalue weighted by molar-refractivity contribution is 0.0563. The molecule has 4 amide bonds. The van der Waals surface area contributed by atoms with Crippen molar-refractivity contribution in [3.8, 4) is 41.8 Å². The zero-order valence-corrected chi connectivity index (χ0v) is 52.1. The number of fused-ring (bicyclic) bond motifs is 2. The van der Waals surface area contributed by atoms with Crippen molar-refractivity contribution < 1.29 is 19.2 Å². The van der Waals surface area contributed by atoms with Gasteiger partial charge in [0.2, 0.25) is 0 Å². The van der Waals surface area contributed by atoms with Crippen LogP contribution < -0.4 is 0 Å². The van der Waals surface area contributed by atoms with Gasteiger partial charge in [0.05, 0.1) is 0 Å². The first-order valence-electron chi connectivity index (χ1n) is 32.6. The Morgan fingerprint density at radius 1 is 0.310 bits per heavy atom. The maximum atomic E-state index is 15.7. The van der Waals surface area contributed by atoms with Gasteiger partial charge in [0.25, 0.3) is 23.6 Å². The molecule has 0 radical (unpaired) electrons. The van der Waals surface area contributed by atoms with Crippen LogP contribution in [0.1, 0.15) is 223 Å². The van der Waals surface area contributed by atoms with Gasteiger partial charge in [-0.15, -0.1) is 22.7 Å². The van der Waals surface area contributed by atoms with E-state index in [1.54, 1.807) is 32.5 Å². The van der Waals surface area contributed by atoms with Gasteiger partial charge in [-0.05, 0) is 129 Å². The number of hydrogen-bond donors (Lipinski definition) is 0. The fraction of sp³-hybridized carbons (Fsp3) is 0.421. The van der Waals surface area contributed by atoms with Gasteiger partial charge >= 0.3 is 0 Å².